The van der Waals surface area contributed by atoms with Crippen LogP contribution < -0.4 is 5.56 Å². The molecule has 1 aliphatic rings. The van der Waals surface area contributed by atoms with Crippen molar-refractivity contribution in [2.24, 2.45) is 0 Å². The minimum absolute atomic E-state index is 0.108. The van der Waals surface area contributed by atoms with Gasteiger partial charge in [-0.05, 0) is 23.9 Å². The van der Waals surface area contributed by atoms with Gasteiger partial charge < -0.3 is 20.3 Å². The SMILES string of the molecule is O=c1[nH]c(-c2cccs2)nc2c1CCN(Cc1ccc(O)c(O)c1O)C2. The number of hydrogen-bond donors (Lipinski definition) is 4. The van der Waals surface area contributed by atoms with Crippen molar-refractivity contribution in [1.29, 1.82) is 0 Å². The maximum Gasteiger partial charge on any atom is 0.254 e. The van der Waals surface area contributed by atoms with E-state index in [2.05, 4.69) is 9.97 Å². The van der Waals surface area contributed by atoms with E-state index >= 15 is 0 Å². The number of H-pyrrole nitrogens is 1. The van der Waals surface area contributed by atoms with Crippen LogP contribution in [-0.2, 0) is 19.5 Å². The van der Waals surface area contributed by atoms with Crippen LogP contribution >= 0.6 is 11.3 Å². The van der Waals surface area contributed by atoms with Gasteiger partial charge in [0.1, 0.15) is 0 Å². The minimum Gasteiger partial charge on any atom is -0.504 e. The summed E-state index contributed by atoms with van der Waals surface area (Å²) in [4.78, 5) is 22.8. The molecule has 0 saturated heterocycles. The topological polar surface area (TPSA) is 110 Å². The molecule has 8 heteroatoms. The quantitative estimate of drug-likeness (QED) is 0.525. The first-order valence-corrected chi connectivity index (χ1v) is 9.02. The lowest BCUT2D eigenvalue weighted by Crippen LogP contribution is -2.35. The Morgan fingerprint density at radius 3 is 2.81 bits per heavy atom. The Morgan fingerprint density at radius 2 is 2.04 bits per heavy atom. The van der Waals surface area contributed by atoms with Gasteiger partial charge in [-0.1, -0.05) is 12.1 Å². The number of aromatic amines is 1. The van der Waals surface area contributed by atoms with E-state index in [0.717, 1.165) is 10.6 Å². The van der Waals surface area contributed by atoms with Crippen molar-refractivity contribution in [2.45, 2.75) is 19.5 Å². The molecule has 0 unspecified atom stereocenters. The van der Waals surface area contributed by atoms with Gasteiger partial charge in [-0.15, -0.1) is 11.3 Å². The Hall–Kier alpha value is -2.84. The van der Waals surface area contributed by atoms with Crippen molar-refractivity contribution < 1.29 is 15.3 Å². The number of nitrogens with zero attached hydrogens (tertiary/aromatic N) is 2. The smallest absolute Gasteiger partial charge is 0.254 e. The van der Waals surface area contributed by atoms with Gasteiger partial charge in [-0.2, -0.15) is 0 Å². The zero-order valence-corrected chi connectivity index (χ0v) is 14.6. The lowest BCUT2D eigenvalue weighted by Gasteiger charge is -2.28. The molecular weight excluding hydrogens is 354 g/mol. The van der Waals surface area contributed by atoms with E-state index in [1.54, 1.807) is 6.07 Å². The number of aromatic nitrogens is 2. The molecule has 26 heavy (non-hydrogen) atoms. The first-order chi connectivity index (χ1) is 12.5. The fourth-order valence-corrected chi connectivity index (χ4v) is 3.81. The third-order valence-electron chi connectivity index (χ3n) is 4.51. The Labute approximate surface area is 152 Å². The maximum atomic E-state index is 12.4. The van der Waals surface area contributed by atoms with Gasteiger partial charge in [0.05, 0.1) is 10.6 Å². The summed E-state index contributed by atoms with van der Waals surface area (Å²) >= 11 is 1.51. The van der Waals surface area contributed by atoms with Gasteiger partial charge >= 0.3 is 0 Å². The maximum absolute atomic E-state index is 12.4. The van der Waals surface area contributed by atoms with E-state index < -0.39 is 5.75 Å². The van der Waals surface area contributed by atoms with Crippen molar-refractivity contribution in [2.75, 3.05) is 6.54 Å². The Morgan fingerprint density at radius 1 is 1.19 bits per heavy atom. The molecule has 1 aromatic carbocycles. The minimum atomic E-state index is -0.519. The van der Waals surface area contributed by atoms with E-state index in [1.165, 1.54) is 17.4 Å². The molecule has 134 valence electrons. The van der Waals surface area contributed by atoms with Crippen LogP contribution in [0.1, 0.15) is 16.8 Å². The van der Waals surface area contributed by atoms with Crippen molar-refractivity contribution in [3.8, 4) is 28.0 Å². The second-order valence-corrected chi connectivity index (χ2v) is 7.17. The highest BCUT2D eigenvalue weighted by atomic mass is 32.1. The monoisotopic (exact) mass is 371 g/mol. The Kier molecular flexibility index (Phi) is 4.14. The summed E-state index contributed by atoms with van der Waals surface area (Å²) in [6.45, 7) is 1.48. The molecule has 4 rings (SSSR count). The van der Waals surface area contributed by atoms with Crippen LogP contribution in [0, 0.1) is 0 Å². The number of phenolic OH excluding ortho intramolecular Hbond substituents is 3. The van der Waals surface area contributed by atoms with Crippen LogP contribution in [-0.4, -0.2) is 36.7 Å². The highest BCUT2D eigenvalue weighted by Crippen LogP contribution is 2.37. The molecule has 0 atom stereocenters. The number of fused-ring (bicyclic) bond motifs is 1. The molecule has 7 nitrogen and oxygen atoms in total. The summed E-state index contributed by atoms with van der Waals surface area (Å²) in [6, 6.07) is 6.74. The number of rotatable bonds is 3. The van der Waals surface area contributed by atoms with Crippen molar-refractivity contribution in [3.63, 3.8) is 0 Å². The molecule has 4 N–H and O–H groups in total. The summed E-state index contributed by atoms with van der Waals surface area (Å²) in [6.07, 6.45) is 0.563. The average Bonchev–Trinajstić information content (AvgIpc) is 3.17. The fraction of sp³-hybridized carbons (Fsp3) is 0.222. The standard InChI is InChI=1S/C18H17N3O4S/c22-13-4-3-10(15(23)16(13)24)8-21-6-5-11-12(9-21)19-17(20-18(11)25)14-2-1-7-26-14/h1-4,7,22-24H,5-6,8-9H2,(H,19,20,25). The van der Waals surface area contributed by atoms with Crippen LogP contribution in [0.15, 0.2) is 34.4 Å². The number of aromatic hydroxyl groups is 3. The van der Waals surface area contributed by atoms with E-state index in [-0.39, 0.29) is 17.1 Å². The number of benzene rings is 1. The molecular formula is C18H17N3O4S. The summed E-state index contributed by atoms with van der Waals surface area (Å²) < 4.78 is 0. The lowest BCUT2D eigenvalue weighted by molar-refractivity contribution is 0.236. The molecule has 0 radical (unpaired) electrons. The average molecular weight is 371 g/mol. The van der Waals surface area contributed by atoms with Gasteiger partial charge in [-0.25, -0.2) is 4.98 Å². The Balaban J connectivity index is 1.61. The van der Waals surface area contributed by atoms with Crippen LogP contribution in [0.4, 0.5) is 0 Å². The van der Waals surface area contributed by atoms with Gasteiger partial charge in [0, 0.05) is 30.8 Å². The van der Waals surface area contributed by atoms with Crippen LogP contribution in [0.25, 0.3) is 10.7 Å². The predicted octanol–water partition coefficient (Wildman–Crippen LogP) is 2.17. The van der Waals surface area contributed by atoms with Crippen molar-refractivity contribution in [1.82, 2.24) is 14.9 Å². The van der Waals surface area contributed by atoms with Crippen molar-refractivity contribution >= 4 is 11.3 Å². The zero-order chi connectivity index (χ0) is 18.3. The molecule has 3 heterocycles. The van der Waals surface area contributed by atoms with E-state index in [0.29, 0.717) is 43.0 Å². The normalized spacial score (nSPS) is 14.3. The molecule has 0 bridgehead atoms. The van der Waals surface area contributed by atoms with E-state index in [1.807, 2.05) is 22.4 Å². The molecule has 0 saturated carbocycles. The summed E-state index contributed by atoms with van der Waals surface area (Å²) in [5.41, 5.74) is 1.82. The molecule has 0 fully saturated rings. The molecule has 0 amide bonds. The summed E-state index contributed by atoms with van der Waals surface area (Å²) in [7, 11) is 0. The van der Waals surface area contributed by atoms with Crippen LogP contribution in [0.5, 0.6) is 17.2 Å². The zero-order valence-electron chi connectivity index (χ0n) is 13.8. The van der Waals surface area contributed by atoms with Crippen molar-refractivity contribution in [3.05, 3.63) is 56.8 Å². The number of nitrogens with one attached hydrogen (secondary N) is 1. The molecule has 1 aliphatic heterocycles. The Bertz CT molecular complexity index is 1010. The molecule has 2 aromatic heterocycles. The first-order valence-electron chi connectivity index (χ1n) is 8.14. The fourth-order valence-electron chi connectivity index (χ4n) is 3.14. The summed E-state index contributed by atoms with van der Waals surface area (Å²) in [5.74, 6) is -0.636. The third kappa shape index (κ3) is 2.93. The van der Waals surface area contributed by atoms with Crippen LogP contribution in [0.3, 0.4) is 0 Å². The summed E-state index contributed by atoms with van der Waals surface area (Å²) in [5, 5.41) is 31.1. The number of thiophene rings is 1. The third-order valence-corrected chi connectivity index (χ3v) is 5.39. The van der Waals surface area contributed by atoms with Gasteiger partial charge in [0.25, 0.3) is 5.56 Å². The highest BCUT2D eigenvalue weighted by Gasteiger charge is 2.23. The van der Waals surface area contributed by atoms with Gasteiger partial charge in [0.2, 0.25) is 5.75 Å². The van der Waals surface area contributed by atoms with E-state index in [9.17, 15) is 20.1 Å². The van der Waals surface area contributed by atoms with Crippen LogP contribution in [0.2, 0.25) is 0 Å². The highest BCUT2D eigenvalue weighted by molar-refractivity contribution is 7.13. The van der Waals surface area contributed by atoms with Gasteiger partial charge in [0.15, 0.2) is 17.3 Å². The predicted molar refractivity (Wildman–Crippen MR) is 97.4 cm³/mol. The number of hydrogen-bond acceptors (Lipinski definition) is 7. The second kappa shape index (κ2) is 6.47. The number of phenols is 3. The first kappa shape index (κ1) is 16.6. The largest absolute Gasteiger partial charge is 0.504 e. The molecule has 0 spiro atoms. The molecule has 3 aromatic rings. The van der Waals surface area contributed by atoms with E-state index in [4.69, 9.17) is 0 Å². The second-order valence-electron chi connectivity index (χ2n) is 6.22. The van der Waals surface area contributed by atoms with Gasteiger partial charge in [-0.3, -0.25) is 9.69 Å². The lowest BCUT2D eigenvalue weighted by atomic mass is 10.0. The molecule has 0 aliphatic carbocycles.